The molecule has 0 unspecified atom stereocenters. The first kappa shape index (κ1) is 14.7. The average Bonchev–Trinajstić information content (AvgIpc) is 2.84. The number of nitro groups is 1. The molecule has 0 fully saturated rings. The molecule has 8 nitrogen and oxygen atoms in total. The number of hydrogen-bond acceptors (Lipinski definition) is 5. The van der Waals surface area contributed by atoms with Gasteiger partial charge in [0.15, 0.2) is 5.69 Å². The summed E-state index contributed by atoms with van der Waals surface area (Å²) in [4.78, 5) is 37.0. The number of H-pyrrole nitrogens is 1. The first-order valence-corrected chi connectivity index (χ1v) is 5.58. The van der Waals surface area contributed by atoms with Gasteiger partial charge >= 0.3 is 11.8 Å². The Morgan fingerprint density at radius 1 is 1.47 bits per heavy atom. The second-order valence-corrected chi connectivity index (χ2v) is 4.12. The molecule has 0 aliphatic carbocycles. The van der Waals surface area contributed by atoms with Crippen molar-refractivity contribution in [3.05, 3.63) is 27.9 Å². The molecule has 8 heteroatoms. The highest BCUT2D eigenvalue weighted by Crippen LogP contribution is 2.13. The molecule has 0 aliphatic heterocycles. The number of nitrogens with zero attached hydrogens (tertiary/aromatic N) is 2. The Kier molecular flexibility index (Phi) is 4.62. The highest BCUT2D eigenvalue weighted by atomic mass is 16.6. The monoisotopic (exact) mass is 269 g/mol. The Labute approximate surface area is 109 Å². The summed E-state index contributed by atoms with van der Waals surface area (Å²) in [7, 11) is 1.23. The van der Waals surface area contributed by atoms with Crippen LogP contribution in [0.15, 0.2) is 12.1 Å². The minimum atomic E-state index is -0.628. The Hall–Kier alpha value is -2.38. The van der Waals surface area contributed by atoms with Crippen molar-refractivity contribution in [1.82, 2.24) is 9.88 Å². The van der Waals surface area contributed by atoms with E-state index in [0.29, 0.717) is 0 Å². The molecule has 19 heavy (non-hydrogen) atoms. The highest BCUT2D eigenvalue weighted by molar-refractivity contribution is 5.95. The molecule has 0 aromatic carbocycles. The minimum Gasteiger partial charge on any atom is -0.468 e. The standard InChI is InChI=1S/C11H15N3O5/c1-7(2)13(6-10(15)19-3)11(16)8-4-5-9(12-8)14(17)18/h4-5,7,12H,6H2,1-3H3. The van der Waals surface area contributed by atoms with Gasteiger partial charge in [-0.1, -0.05) is 0 Å². The summed E-state index contributed by atoms with van der Waals surface area (Å²) in [6.07, 6.45) is 0. The molecule has 104 valence electrons. The smallest absolute Gasteiger partial charge is 0.325 e. The Morgan fingerprint density at radius 2 is 2.11 bits per heavy atom. The van der Waals surface area contributed by atoms with E-state index in [-0.39, 0.29) is 24.1 Å². The van der Waals surface area contributed by atoms with Gasteiger partial charge in [0, 0.05) is 12.1 Å². The van der Waals surface area contributed by atoms with Crippen LogP contribution >= 0.6 is 0 Å². The SMILES string of the molecule is COC(=O)CN(C(=O)c1ccc([N+](=O)[O-])[nH]1)C(C)C. The van der Waals surface area contributed by atoms with Crippen molar-refractivity contribution in [2.24, 2.45) is 0 Å². The van der Waals surface area contributed by atoms with Crippen molar-refractivity contribution >= 4 is 17.7 Å². The first-order valence-electron chi connectivity index (χ1n) is 5.58. The highest BCUT2D eigenvalue weighted by Gasteiger charge is 2.25. The number of carbonyl (C=O) groups is 2. The second-order valence-electron chi connectivity index (χ2n) is 4.12. The summed E-state index contributed by atoms with van der Waals surface area (Å²) in [6, 6.07) is 2.27. The number of aromatic amines is 1. The van der Waals surface area contributed by atoms with Crippen molar-refractivity contribution in [3.8, 4) is 0 Å². The van der Waals surface area contributed by atoms with E-state index in [4.69, 9.17) is 0 Å². The maximum atomic E-state index is 12.1. The molecule has 0 radical (unpaired) electrons. The van der Waals surface area contributed by atoms with Gasteiger partial charge in [0.25, 0.3) is 5.91 Å². The van der Waals surface area contributed by atoms with Gasteiger partial charge in [-0.2, -0.15) is 0 Å². The molecule has 1 amide bonds. The maximum Gasteiger partial charge on any atom is 0.325 e. The van der Waals surface area contributed by atoms with Crippen LogP contribution in [0.2, 0.25) is 0 Å². The number of aromatic nitrogens is 1. The Balaban J connectivity index is 2.92. The molecule has 1 N–H and O–H groups in total. The Morgan fingerprint density at radius 3 is 2.53 bits per heavy atom. The predicted octanol–water partition coefficient (Wildman–Crippen LogP) is 0.946. The summed E-state index contributed by atoms with van der Waals surface area (Å²) < 4.78 is 4.51. The van der Waals surface area contributed by atoms with E-state index in [1.54, 1.807) is 13.8 Å². The number of carbonyl (C=O) groups excluding carboxylic acids is 2. The van der Waals surface area contributed by atoms with Crippen LogP contribution in [-0.4, -0.2) is 46.4 Å². The number of amides is 1. The fourth-order valence-electron chi connectivity index (χ4n) is 1.46. The van der Waals surface area contributed by atoms with Crippen molar-refractivity contribution in [3.63, 3.8) is 0 Å². The van der Waals surface area contributed by atoms with Crippen molar-refractivity contribution in [2.75, 3.05) is 13.7 Å². The molecule has 1 heterocycles. The summed E-state index contributed by atoms with van der Waals surface area (Å²) >= 11 is 0. The normalized spacial score (nSPS) is 10.3. The lowest BCUT2D eigenvalue weighted by Gasteiger charge is -2.23. The lowest BCUT2D eigenvalue weighted by Crippen LogP contribution is -2.41. The molecule has 1 aromatic heterocycles. The zero-order valence-electron chi connectivity index (χ0n) is 10.9. The van der Waals surface area contributed by atoms with E-state index in [2.05, 4.69) is 9.72 Å². The van der Waals surface area contributed by atoms with E-state index < -0.39 is 16.8 Å². The lowest BCUT2D eigenvalue weighted by molar-refractivity contribution is -0.389. The molecule has 1 rings (SSSR count). The molecule has 0 bridgehead atoms. The fourth-order valence-corrected chi connectivity index (χ4v) is 1.46. The molecule has 0 atom stereocenters. The Bertz CT molecular complexity index is 494. The van der Waals surface area contributed by atoms with Gasteiger partial charge in [-0.3, -0.25) is 9.59 Å². The van der Waals surface area contributed by atoms with Crippen LogP contribution in [0.1, 0.15) is 24.3 Å². The summed E-state index contributed by atoms with van der Waals surface area (Å²) in [5.41, 5.74) is 0.0595. The van der Waals surface area contributed by atoms with Crippen molar-refractivity contribution in [2.45, 2.75) is 19.9 Å². The van der Waals surface area contributed by atoms with Gasteiger partial charge < -0.3 is 19.8 Å². The summed E-state index contributed by atoms with van der Waals surface area (Å²) in [5.74, 6) is -1.32. The molecule has 0 saturated heterocycles. The van der Waals surface area contributed by atoms with Crippen LogP contribution in [0.4, 0.5) is 5.82 Å². The van der Waals surface area contributed by atoms with E-state index in [1.807, 2.05) is 0 Å². The third-order valence-electron chi connectivity index (χ3n) is 2.51. The van der Waals surface area contributed by atoms with Crippen LogP contribution in [-0.2, 0) is 9.53 Å². The van der Waals surface area contributed by atoms with Gasteiger partial charge in [0.1, 0.15) is 6.54 Å². The number of methoxy groups -OCH3 is 1. The van der Waals surface area contributed by atoms with Crippen LogP contribution in [0.3, 0.4) is 0 Å². The van der Waals surface area contributed by atoms with Crippen LogP contribution < -0.4 is 0 Å². The minimum absolute atomic E-state index is 0.0595. The third kappa shape index (κ3) is 3.54. The molecular formula is C11H15N3O5. The van der Waals surface area contributed by atoms with E-state index in [0.717, 1.165) is 0 Å². The number of ether oxygens (including phenoxy) is 1. The topological polar surface area (TPSA) is 106 Å². The quantitative estimate of drug-likeness (QED) is 0.486. The van der Waals surface area contributed by atoms with Gasteiger partial charge in [-0.25, -0.2) is 4.98 Å². The number of hydrogen-bond donors (Lipinski definition) is 1. The molecule has 0 spiro atoms. The summed E-state index contributed by atoms with van der Waals surface area (Å²) in [6.45, 7) is 3.26. The number of nitrogens with one attached hydrogen (secondary N) is 1. The molecular weight excluding hydrogens is 254 g/mol. The van der Waals surface area contributed by atoms with Crippen molar-refractivity contribution < 1.29 is 19.2 Å². The third-order valence-corrected chi connectivity index (χ3v) is 2.51. The number of rotatable bonds is 5. The zero-order valence-corrected chi connectivity index (χ0v) is 10.9. The molecule has 1 aromatic rings. The fraction of sp³-hybridized carbons (Fsp3) is 0.455. The molecule has 0 saturated carbocycles. The van der Waals surface area contributed by atoms with Gasteiger partial charge in [-0.05, 0) is 24.8 Å². The van der Waals surface area contributed by atoms with Crippen LogP contribution in [0, 0.1) is 10.1 Å². The zero-order chi connectivity index (χ0) is 14.6. The van der Waals surface area contributed by atoms with Crippen LogP contribution in [0.5, 0.6) is 0 Å². The maximum absolute atomic E-state index is 12.1. The molecule has 0 aliphatic rings. The second kappa shape index (κ2) is 5.98. The lowest BCUT2D eigenvalue weighted by atomic mass is 10.2. The van der Waals surface area contributed by atoms with Crippen molar-refractivity contribution in [1.29, 1.82) is 0 Å². The van der Waals surface area contributed by atoms with Crippen LogP contribution in [0.25, 0.3) is 0 Å². The predicted molar refractivity (Wildman–Crippen MR) is 65.6 cm³/mol. The van der Waals surface area contributed by atoms with Gasteiger partial charge in [0.05, 0.1) is 7.11 Å². The van der Waals surface area contributed by atoms with Gasteiger partial charge in [-0.15, -0.1) is 0 Å². The van der Waals surface area contributed by atoms with E-state index in [9.17, 15) is 19.7 Å². The van der Waals surface area contributed by atoms with E-state index in [1.165, 1.54) is 24.1 Å². The number of esters is 1. The van der Waals surface area contributed by atoms with Gasteiger partial charge in [0.2, 0.25) is 0 Å². The average molecular weight is 269 g/mol. The summed E-state index contributed by atoms with van der Waals surface area (Å²) in [5, 5.41) is 10.5. The van der Waals surface area contributed by atoms with E-state index >= 15 is 0 Å². The largest absolute Gasteiger partial charge is 0.468 e. The first-order chi connectivity index (χ1) is 8.86.